The normalized spacial score (nSPS) is 26.6. The van der Waals surface area contributed by atoms with Crippen molar-refractivity contribution in [1.82, 2.24) is 10.3 Å². The van der Waals surface area contributed by atoms with Gasteiger partial charge in [0.15, 0.2) is 0 Å². The summed E-state index contributed by atoms with van der Waals surface area (Å²) in [5.41, 5.74) is 1.92. The molecular formula is C17H22N2O6. The van der Waals surface area contributed by atoms with Gasteiger partial charge in [-0.2, -0.15) is 0 Å². The van der Waals surface area contributed by atoms with Crippen molar-refractivity contribution in [2.24, 2.45) is 0 Å². The Morgan fingerprint density at radius 2 is 2.16 bits per heavy atom. The van der Waals surface area contributed by atoms with Crippen LogP contribution in [0.15, 0.2) is 24.4 Å². The molecule has 4 atom stereocenters. The standard InChI is InChI=1S/C17H22N2O6/c1-9(20)18-5-4-10-7-19-13-6-11(2-3-12(10)13)25-17-16(23)15(22)14(21)8-24-17/h2-3,6-7,14-17,19,21-23H,4-5,8H2,1H3,(H,18,20). The molecule has 2 heterocycles. The second-order valence-electron chi connectivity index (χ2n) is 6.12. The van der Waals surface area contributed by atoms with E-state index < -0.39 is 24.6 Å². The molecule has 25 heavy (non-hydrogen) atoms. The first-order valence-corrected chi connectivity index (χ1v) is 8.12. The number of fused-ring (bicyclic) bond motifs is 1. The number of benzene rings is 1. The minimum atomic E-state index is -1.34. The monoisotopic (exact) mass is 350 g/mol. The lowest BCUT2D eigenvalue weighted by Crippen LogP contribution is -2.54. The number of aliphatic hydroxyl groups excluding tert-OH is 3. The number of nitrogens with one attached hydrogen (secondary N) is 2. The molecule has 2 aromatic rings. The Bertz CT molecular complexity index is 746. The molecule has 1 aromatic carbocycles. The Morgan fingerprint density at radius 3 is 2.92 bits per heavy atom. The van der Waals surface area contributed by atoms with Gasteiger partial charge in [-0.1, -0.05) is 0 Å². The van der Waals surface area contributed by atoms with Gasteiger partial charge in [0.2, 0.25) is 12.2 Å². The van der Waals surface area contributed by atoms with Crippen molar-refractivity contribution in [2.45, 2.75) is 37.9 Å². The molecule has 0 spiro atoms. The Hall–Kier alpha value is -2.13. The number of aromatic amines is 1. The third kappa shape index (κ3) is 3.93. The lowest BCUT2D eigenvalue weighted by Gasteiger charge is -2.34. The average molecular weight is 350 g/mol. The molecule has 1 saturated heterocycles. The number of aliphatic hydroxyl groups is 3. The number of H-pyrrole nitrogens is 1. The Kier molecular flexibility index (Phi) is 5.24. The van der Waals surface area contributed by atoms with Crippen LogP contribution in [0, 0.1) is 0 Å². The largest absolute Gasteiger partial charge is 0.462 e. The van der Waals surface area contributed by atoms with Crippen LogP contribution in [0.25, 0.3) is 10.9 Å². The minimum Gasteiger partial charge on any atom is -0.462 e. The first-order valence-electron chi connectivity index (χ1n) is 8.12. The van der Waals surface area contributed by atoms with Crippen LogP contribution in [-0.2, 0) is 16.0 Å². The smallest absolute Gasteiger partial charge is 0.228 e. The maximum atomic E-state index is 10.9. The van der Waals surface area contributed by atoms with Gasteiger partial charge in [-0.25, -0.2) is 0 Å². The Morgan fingerprint density at radius 1 is 1.36 bits per heavy atom. The second kappa shape index (κ2) is 7.40. The molecule has 4 unspecified atom stereocenters. The molecule has 8 nitrogen and oxygen atoms in total. The molecule has 5 N–H and O–H groups in total. The quantitative estimate of drug-likeness (QED) is 0.503. The number of rotatable bonds is 5. The number of hydrogen-bond acceptors (Lipinski definition) is 6. The van der Waals surface area contributed by atoms with Crippen LogP contribution in [0.1, 0.15) is 12.5 Å². The molecule has 0 saturated carbocycles. The third-order valence-corrected chi connectivity index (χ3v) is 4.21. The number of carbonyl (C=O) groups is 1. The molecule has 136 valence electrons. The summed E-state index contributed by atoms with van der Waals surface area (Å²) in [6.07, 6.45) is -2.25. The van der Waals surface area contributed by atoms with E-state index in [9.17, 15) is 20.1 Å². The number of hydrogen-bond donors (Lipinski definition) is 5. The molecular weight excluding hydrogens is 328 g/mol. The first-order chi connectivity index (χ1) is 12.0. The van der Waals surface area contributed by atoms with Gasteiger partial charge >= 0.3 is 0 Å². The van der Waals surface area contributed by atoms with Crippen molar-refractivity contribution in [2.75, 3.05) is 13.2 Å². The van der Waals surface area contributed by atoms with Gasteiger partial charge in [0.25, 0.3) is 0 Å². The molecule has 1 aliphatic rings. The van der Waals surface area contributed by atoms with Gasteiger partial charge in [-0.05, 0) is 24.1 Å². The van der Waals surface area contributed by atoms with Crippen LogP contribution >= 0.6 is 0 Å². The van der Waals surface area contributed by atoms with Crippen molar-refractivity contribution >= 4 is 16.8 Å². The Labute approximate surface area is 144 Å². The van der Waals surface area contributed by atoms with E-state index >= 15 is 0 Å². The highest BCUT2D eigenvalue weighted by Gasteiger charge is 2.39. The second-order valence-corrected chi connectivity index (χ2v) is 6.12. The van der Waals surface area contributed by atoms with Gasteiger partial charge < -0.3 is 35.1 Å². The highest BCUT2D eigenvalue weighted by atomic mass is 16.7. The van der Waals surface area contributed by atoms with Crippen LogP contribution in [0.4, 0.5) is 0 Å². The zero-order chi connectivity index (χ0) is 18.0. The summed E-state index contributed by atoms with van der Waals surface area (Å²) in [6.45, 7) is 1.93. The predicted octanol–water partition coefficient (Wildman–Crippen LogP) is -0.336. The van der Waals surface area contributed by atoms with Crippen LogP contribution < -0.4 is 10.1 Å². The summed E-state index contributed by atoms with van der Waals surface area (Å²) in [7, 11) is 0. The van der Waals surface area contributed by atoms with Crippen molar-refractivity contribution in [1.29, 1.82) is 0 Å². The average Bonchev–Trinajstić information content (AvgIpc) is 2.97. The molecule has 0 radical (unpaired) electrons. The Balaban J connectivity index is 1.69. The lowest BCUT2D eigenvalue weighted by molar-refractivity contribution is -0.242. The third-order valence-electron chi connectivity index (χ3n) is 4.21. The van der Waals surface area contributed by atoms with Gasteiger partial charge in [-0.3, -0.25) is 4.79 Å². The van der Waals surface area contributed by atoms with Crippen molar-refractivity contribution in [3.63, 3.8) is 0 Å². The fourth-order valence-corrected chi connectivity index (χ4v) is 2.84. The minimum absolute atomic E-state index is 0.0612. The summed E-state index contributed by atoms with van der Waals surface area (Å²) in [5, 5.41) is 32.9. The van der Waals surface area contributed by atoms with Crippen molar-refractivity contribution in [3.8, 4) is 5.75 Å². The SMILES string of the molecule is CC(=O)NCCc1c[nH]c2cc(OC3OCC(O)C(O)C3O)ccc12. The zero-order valence-electron chi connectivity index (χ0n) is 13.8. The summed E-state index contributed by atoms with van der Waals surface area (Å²) >= 11 is 0. The molecule has 8 heteroatoms. The first kappa shape index (κ1) is 17.7. The number of ether oxygens (including phenoxy) is 2. The van der Waals surface area contributed by atoms with Crippen LogP contribution in [-0.4, -0.2) is 64.0 Å². The van der Waals surface area contributed by atoms with Crippen LogP contribution in [0.3, 0.4) is 0 Å². The van der Waals surface area contributed by atoms with Gasteiger partial charge in [0.05, 0.1) is 6.61 Å². The number of aromatic nitrogens is 1. The summed E-state index contributed by atoms with van der Waals surface area (Å²) < 4.78 is 10.8. The van der Waals surface area contributed by atoms with Crippen molar-refractivity contribution < 1.29 is 29.6 Å². The van der Waals surface area contributed by atoms with E-state index in [0.717, 1.165) is 16.5 Å². The van der Waals surface area contributed by atoms with E-state index in [0.29, 0.717) is 18.7 Å². The topological polar surface area (TPSA) is 124 Å². The van der Waals surface area contributed by atoms with Crippen molar-refractivity contribution in [3.05, 3.63) is 30.0 Å². The fourth-order valence-electron chi connectivity index (χ4n) is 2.84. The van der Waals surface area contributed by atoms with Crippen LogP contribution in [0.5, 0.6) is 5.75 Å². The predicted molar refractivity (Wildman–Crippen MR) is 89.1 cm³/mol. The molecule has 0 aliphatic carbocycles. The van der Waals surface area contributed by atoms with Crippen LogP contribution in [0.2, 0.25) is 0 Å². The van der Waals surface area contributed by atoms with E-state index in [2.05, 4.69) is 10.3 Å². The number of carbonyl (C=O) groups excluding carboxylic acids is 1. The van der Waals surface area contributed by atoms with E-state index in [-0.39, 0.29) is 12.5 Å². The highest BCUT2D eigenvalue weighted by molar-refractivity contribution is 5.84. The zero-order valence-corrected chi connectivity index (χ0v) is 13.8. The van der Waals surface area contributed by atoms with Gasteiger partial charge in [-0.15, -0.1) is 0 Å². The van der Waals surface area contributed by atoms with E-state index in [4.69, 9.17) is 9.47 Å². The van der Waals surface area contributed by atoms with E-state index in [1.54, 1.807) is 12.1 Å². The maximum absolute atomic E-state index is 10.9. The molecule has 1 amide bonds. The number of amides is 1. The summed E-state index contributed by atoms with van der Waals surface area (Å²) in [5.74, 6) is 0.407. The highest BCUT2D eigenvalue weighted by Crippen LogP contribution is 2.26. The summed E-state index contributed by atoms with van der Waals surface area (Å²) in [6, 6.07) is 5.39. The molecule has 3 rings (SSSR count). The lowest BCUT2D eigenvalue weighted by atomic mass is 10.1. The van der Waals surface area contributed by atoms with E-state index in [1.807, 2.05) is 12.3 Å². The maximum Gasteiger partial charge on any atom is 0.228 e. The van der Waals surface area contributed by atoms with Gasteiger partial charge in [0.1, 0.15) is 24.1 Å². The van der Waals surface area contributed by atoms with Gasteiger partial charge in [0, 0.05) is 36.6 Å². The van der Waals surface area contributed by atoms with E-state index in [1.165, 1.54) is 6.92 Å². The molecule has 0 bridgehead atoms. The fraction of sp³-hybridized carbons (Fsp3) is 0.471. The molecule has 1 aliphatic heterocycles. The molecule has 1 fully saturated rings. The molecule has 1 aromatic heterocycles. The summed E-state index contributed by atoms with van der Waals surface area (Å²) in [4.78, 5) is 14.1.